The largest absolute Gasteiger partial charge is 0.455 e. The number of para-hydroxylation sites is 1. The minimum atomic E-state index is 0.653. The summed E-state index contributed by atoms with van der Waals surface area (Å²) >= 11 is 0. The van der Waals surface area contributed by atoms with Crippen molar-refractivity contribution < 1.29 is 4.42 Å². The molecule has 0 amide bonds. The average molecular weight is 222 g/mol. The van der Waals surface area contributed by atoms with Crippen LogP contribution in [0.4, 0.5) is 0 Å². The maximum atomic E-state index is 8.92. The fraction of sp³-hybridized carbons (Fsp3) is 0.0714. The zero-order valence-electron chi connectivity index (χ0n) is 9.32. The number of fused-ring (bicyclic) bond motifs is 1. The number of nitrogens with one attached hydrogen (secondary N) is 1. The Bertz CT molecular complexity index is 695. The third-order valence-corrected chi connectivity index (χ3v) is 2.83. The number of hydrogen-bond donors (Lipinski definition) is 1. The molecule has 0 spiro atoms. The molecule has 0 atom stereocenters. The SMILES string of the molecule is Cc1[nH]c(-c2cc3ccccc3o2)cc1C#N. The number of benzene rings is 1. The van der Waals surface area contributed by atoms with Crippen molar-refractivity contribution in [1.82, 2.24) is 4.98 Å². The number of nitrogens with zero attached hydrogens (tertiary/aromatic N) is 1. The van der Waals surface area contributed by atoms with Crippen molar-refractivity contribution >= 4 is 11.0 Å². The zero-order chi connectivity index (χ0) is 11.8. The molecule has 0 fully saturated rings. The van der Waals surface area contributed by atoms with E-state index in [0.717, 1.165) is 28.1 Å². The third-order valence-electron chi connectivity index (χ3n) is 2.83. The van der Waals surface area contributed by atoms with E-state index in [0.29, 0.717) is 5.56 Å². The molecule has 0 unspecified atom stereocenters. The van der Waals surface area contributed by atoms with E-state index in [2.05, 4.69) is 11.1 Å². The van der Waals surface area contributed by atoms with Crippen LogP contribution < -0.4 is 0 Å². The summed E-state index contributed by atoms with van der Waals surface area (Å²) in [6, 6.07) is 13.8. The van der Waals surface area contributed by atoms with Crippen LogP contribution in [0.2, 0.25) is 0 Å². The minimum absolute atomic E-state index is 0.653. The number of rotatable bonds is 1. The van der Waals surface area contributed by atoms with Gasteiger partial charge >= 0.3 is 0 Å². The molecule has 1 N–H and O–H groups in total. The van der Waals surface area contributed by atoms with Crippen LogP contribution in [-0.2, 0) is 0 Å². The quantitative estimate of drug-likeness (QED) is 0.683. The molecule has 1 aromatic carbocycles. The van der Waals surface area contributed by atoms with Gasteiger partial charge < -0.3 is 9.40 Å². The van der Waals surface area contributed by atoms with Crippen molar-refractivity contribution in [2.75, 3.05) is 0 Å². The second kappa shape index (κ2) is 3.53. The Kier molecular flexibility index (Phi) is 2.02. The normalized spacial score (nSPS) is 10.6. The first-order valence-corrected chi connectivity index (χ1v) is 5.36. The van der Waals surface area contributed by atoms with E-state index < -0.39 is 0 Å². The summed E-state index contributed by atoms with van der Waals surface area (Å²) in [7, 11) is 0. The van der Waals surface area contributed by atoms with Gasteiger partial charge in [-0.05, 0) is 25.1 Å². The molecule has 17 heavy (non-hydrogen) atoms. The molecule has 82 valence electrons. The Morgan fingerprint density at radius 2 is 2.06 bits per heavy atom. The molecule has 0 aliphatic heterocycles. The third kappa shape index (κ3) is 1.51. The highest BCUT2D eigenvalue weighted by Gasteiger charge is 2.10. The Hall–Kier alpha value is -2.47. The topological polar surface area (TPSA) is 52.7 Å². The Morgan fingerprint density at radius 1 is 1.24 bits per heavy atom. The molecule has 3 rings (SSSR count). The molecule has 0 aliphatic rings. The number of aryl methyl sites for hydroxylation is 1. The first-order chi connectivity index (χ1) is 8.28. The molecule has 0 saturated heterocycles. The molecule has 0 radical (unpaired) electrons. The lowest BCUT2D eigenvalue weighted by Crippen LogP contribution is -1.74. The van der Waals surface area contributed by atoms with Crippen molar-refractivity contribution in [2.45, 2.75) is 6.92 Å². The van der Waals surface area contributed by atoms with Crippen molar-refractivity contribution in [2.24, 2.45) is 0 Å². The smallest absolute Gasteiger partial charge is 0.151 e. The predicted octanol–water partition coefficient (Wildman–Crippen LogP) is 3.61. The molecular weight excluding hydrogens is 212 g/mol. The monoisotopic (exact) mass is 222 g/mol. The molecule has 3 nitrogen and oxygen atoms in total. The molecule has 2 heterocycles. The number of nitriles is 1. The molecular formula is C14H10N2O. The highest BCUT2D eigenvalue weighted by molar-refractivity contribution is 5.82. The minimum Gasteiger partial charge on any atom is -0.455 e. The summed E-state index contributed by atoms with van der Waals surface area (Å²) in [6.45, 7) is 1.88. The van der Waals surface area contributed by atoms with Crippen LogP contribution in [-0.4, -0.2) is 4.98 Å². The summed E-state index contributed by atoms with van der Waals surface area (Å²) < 4.78 is 5.73. The van der Waals surface area contributed by atoms with E-state index in [1.54, 1.807) is 0 Å². The maximum absolute atomic E-state index is 8.92. The van der Waals surface area contributed by atoms with Crippen molar-refractivity contribution in [1.29, 1.82) is 5.26 Å². The summed E-state index contributed by atoms with van der Waals surface area (Å²) in [5.41, 5.74) is 3.21. The Labute approximate surface area is 98.3 Å². The molecule has 0 saturated carbocycles. The first-order valence-electron chi connectivity index (χ1n) is 5.36. The number of H-pyrrole nitrogens is 1. The number of furan rings is 1. The first kappa shape index (κ1) is 9.73. The highest BCUT2D eigenvalue weighted by atomic mass is 16.3. The summed E-state index contributed by atoms with van der Waals surface area (Å²) in [6.07, 6.45) is 0. The standard InChI is InChI=1S/C14H10N2O/c1-9-11(8-15)6-12(16-9)14-7-10-4-2-3-5-13(10)17-14/h2-7,16H,1H3. The lowest BCUT2D eigenvalue weighted by Gasteiger charge is -1.89. The van der Waals surface area contributed by atoms with Crippen LogP contribution in [0, 0.1) is 18.3 Å². The second-order valence-electron chi connectivity index (χ2n) is 3.98. The molecule has 2 aromatic heterocycles. The van der Waals surface area contributed by atoms with Crippen molar-refractivity contribution in [3.63, 3.8) is 0 Å². The predicted molar refractivity (Wildman–Crippen MR) is 65.5 cm³/mol. The highest BCUT2D eigenvalue weighted by Crippen LogP contribution is 2.28. The van der Waals surface area contributed by atoms with Crippen LogP contribution in [0.1, 0.15) is 11.3 Å². The Morgan fingerprint density at radius 3 is 2.76 bits per heavy atom. The molecule has 3 heteroatoms. The molecule has 3 aromatic rings. The molecule has 0 bridgehead atoms. The summed E-state index contributed by atoms with van der Waals surface area (Å²) in [5, 5.41) is 9.98. The van der Waals surface area contributed by atoms with Crippen LogP contribution >= 0.6 is 0 Å². The second-order valence-corrected chi connectivity index (χ2v) is 3.98. The fourth-order valence-corrected chi connectivity index (χ4v) is 1.92. The van der Waals surface area contributed by atoms with Gasteiger partial charge in [-0.2, -0.15) is 5.26 Å². The van der Waals surface area contributed by atoms with Crippen LogP contribution in [0.25, 0.3) is 22.4 Å². The zero-order valence-corrected chi connectivity index (χ0v) is 9.32. The van der Waals surface area contributed by atoms with Crippen LogP contribution in [0.15, 0.2) is 40.8 Å². The van der Waals surface area contributed by atoms with Gasteiger partial charge in [0, 0.05) is 11.1 Å². The van der Waals surface area contributed by atoms with Gasteiger partial charge in [-0.3, -0.25) is 0 Å². The number of aromatic nitrogens is 1. The molecule has 0 aliphatic carbocycles. The fourth-order valence-electron chi connectivity index (χ4n) is 1.92. The summed E-state index contributed by atoms with van der Waals surface area (Å²) in [5.74, 6) is 0.760. The van der Waals surface area contributed by atoms with E-state index in [9.17, 15) is 0 Å². The van der Waals surface area contributed by atoms with E-state index in [4.69, 9.17) is 9.68 Å². The van der Waals surface area contributed by atoms with Gasteiger partial charge in [-0.1, -0.05) is 18.2 Å². The van der Waals surface area contributed by atoms with Crippen LogP contribution in [0.5, 0.6) is 0 Å². The number of hydrogen-bond acceptors (Lipinski definition) is 2. The van der Waals surface area contributed by atoms with Gasteiger partial charge in [-0.15, -0.1) is 0 Å². The average Bonchev–Trinajstić information content (AvgIpc) is 2.91. The van der Waals surface area contributed by atoms with Gasteiger partial charge in [0.25, 0.3) is 0 Å². The lowest BCUT2D eigenvalue weighted by atomic mass is 10.2. The number of aromatic amines is 1. The van der Waals surface area contributed by atoms with E-state index in [-0.39, 0.29) is 0 Å². The van der Waals surface area contributed by atoms with E-state index in [1.807, 2.05) is 43.3 Å². The Balaban J connectivity index is 2.17. The van der Waals surface area contributed by atoms with Gasteiger partial charge in [0.2, 0.25) is 0 Å². The van der Waals surface area contributed by atoms with E-state index in [1.165, 1.54) is 0 Å². The van der Waals surface area contributed by atoms with Gasteiger partial charge in [0.1, 0.15) is 11.7 Å². The van der Waals surface area contributed by atoms with E-state index >= 15 is 0 Å². The lowest BCUT2D eigenvalue weighted by molar-refractivity contribution is 0.629. The van der Waals surface area contributed by atoms with Crippen molar-refractivity contribution in [3.8, 4) is 17.5 Å². The van der Waals surface area contributed by atoms with Gasteiger partial charge in [0.05, 0.1) is 11.3 Å². The summed E-state index contributed by atoms with van der Waals surface area (Å²) in [4.78, 5) is 3.16. The van der Waals surface area contributed by atoms with Crippen molar-refractivity contribution in [3.05, 3.63) is 47.7 Å². The van der Waals surface area contributed by atoms with Gasteiger partial charge in [-0.25, -0.2) is 0 Å². The van der Waals surface area contributed by atoms with Gasteiger partial charge in [0.15, 0.2) is 5.76 Å². The maximum Gasteiger partial charge on any atom is 0.151 e. The van der Waals surface area contributed by atoms with Crippen LogP contribution in [0.3, 0.4) is 0 Å².